The molecule has 3 aromatic rings. The number of hydrogen-bond acceptors (Lipinski definition) is 7. The number of phenolic OH excluding ortho intramolecular Hbond substituents is 1. The summed E-state index contributed by atoms with van der Waals surface area (Å²) in [4.78, 5) is 4.84. The molecule has 2 heterocycles. The van der Waals surface area contributed by atoms with Crippen LogP contribution in [-0.4, -0.2) is 98.2 Å². The van der Waals surface area contributed by atoms with Gasteiger partial charge in [-0.15, -0.1) is 0 Å². The quantitative estimate of drug-likeness (QED) is 0.189. The normalized spacial score (nSPS) is 18.2. The minimum atomic E-state index is -0.305. The van der Waals surface area contributed by atoms with Crippen LogP contribution in [0.3, 0.4) is 0 Å². The average Bonchev–Trinajstić information content (AvgIpc) is 3.02. The number of aryl methyl sites for hydroxylation is 1. The standard InChI is InChI=1S/C34H46N4O3/c39-31-12-7-29(8-13-31)34(30-9-14-33(15-10-30)41-25-1-20-37-21-16-35-17-22-37)28-5-2-27(3-6-28)4-11-32(40)26-38-23-18-36-19-24-38/h2-3,5-10,12-15,32,34-36,39-40H,1,4,11,16-26H2. The van der Waals surface area contributed by atoms with Crippen molar-refractivity contribution >= 4 is 0 Å². The van der Waals surface area contributed by atoms with Crippen molar-refractivity contribution in [3.63, 3.8) is 0 Å². The van der Waals surface area contributed by atoms with Crippen LogP contribution in [0.1, 0.15) is 41.0 Å². The molecule has 3 aromatic carbocycles. The van der Waals surface area contributed by atoms with Crippen LogP contribution in [0.25, 0.3) is 0 Å². The van der Waals surface area contributed by atoms with Crippen molar-refractivity contribution in [1.82, 2.24) is 20.4 Å². The molecule has 5 rings (SSSR count). The first kappa shape index (κ1) is 29.5. The van der Waals surface area contributed by atoms with Crippen molar-refractivity contribution in [1.29, 1.82) is 0 Å². The lowest BCUT2D eigenvalue weighted by molar-refractivity contribution is 0.0987. The van der Waals surface area contributed by atoms with E-state index in [4.69, 9.17) is 4.74 Å². The molecule has 0 saturated carbocycles. The van der Waals surface area contributed by atoms with Gasteiger partial charge in [-0.2, -0.15) is 0 Å². The molecule has 7 nitrogen and oxygen atoms in total. The molecule has 2 fully saturated rings. The minimum Gasteiger partial charge on any atom is -0.508 e. The van der Waals surface area contributed by atoms with Gasteiger partial charge in [0.15, 0.2) is 0 Å². The molecule has 2 aliphatic rings. The van der Waals surface area contributed by atoms with Gasteiger partial charge >= 0.3 is 0 Å². The second-order valence-electron chi connectivity index (χ2n) is 11.4. The maximum Gasteiger partial charge on any atom is 0.119 e. The summed E-state index contributed by atoms with van der Waals surface area (Å²) in [6.07, 6.45) is 2.34. The third-order valence-electron chi connectivity index (χ3n) is 8.29. The summed E-state index contributed by atoms with van der Waals surface area (Å²) in [6, 6.07) is 24.8. The minimum absolute atomic E-state index is 0.0460. The Morgan fingerprint density at radius 2 is 1.24 bits per heavy atom. The summed E-state index contributed by atoms with van der Waals surface area (Å²) >= 11 is 0. The summed E-state index contributed by atoms with van der Waals surface area (Å²) in [5.74, 6) is 1.21. The van der Waals surface area contributed by atoms with E-state index in [2.05, 4.69) is 69.0 Å². The Bertz CT molecular complexity index is 1160. The molecule has 0 amide bonds. The third kappa shape index (κ3) is 9.02. The molecule has 0 bridgehead atoms. The van der Waals surface area contributed by atoms with Gasteiger partial charge in [-0.1, -0.05) is 48.5 Å². The fourth-order valence-corrected chi connectivity index (χ4v) is 5.91. The Morgan fingerprint density at radius 3 is 1.85 bits per heavy atom. The van der Waals surface area contributed by atoms with E-state index < -0.39 is 0 Å². The van der Waals surface area contributed by atoms with Gasteiger partial charge in [-0.05, 0) is 65.8 Å². The second kappa shape index (κ2) is 15.3. The Hall–Kier alpha value is -2.94. The Labute approximate surface area is 245 Å². The van der Waals surface area contributed by atoms with Crippen molar-refractivity contribution in [2.45, 2.75) is 31.3 Å². The molecule has 41 heavy (non-hydrogen) atoms. The van der Waals surface area contributed by atoms with E-state index in [1.54, 1.807) is 12.1 Å². The number of phenols is 1. The lowest BCUT2D eigenvalue weighted by Crippen LogP contribution is -2.46. The van der Waals surface area contributed by atoms with E-state index in [0.717, 1.165) is 103 Å². The van der Waals surface area contributed by atoms with E-state index in [1.807, 2.05) is 12.1 Å². The fourth-order valence-electron chi connectivity index (χ4n) is 5.91. The maximum absolute atomic E-state index is 10.6. The molecule has 4 N–H and O–H groups in total. The highest BCUT2D eigenvalue weighted by Gasteiger charge is 2.18. The van der Waals surface area contributed by atoms with Crippen LogP contribution >= 0.6 is 0 Å². The van der Waals surface area contributed by atoms with Crippen molar-refractivity contribution < 1.29 is 14.9 Å². The highest BCUT2D eigenvalue weighted by atomic mass is 16.5. The number of rotatable bonds is 13. The van der Waals surface area contributed by atoms with E-state index >= 15 is 0 Å². The third-order valence-corrected chi connectivity index (χ3v) is 8.29. The molecular weight excluding hydrogens is 512 g/mol. The van der Waals surface area contributed by atoms with Gasteiger partial charge in [-0.25, -0.2) is 0 Å². The SMILES string of the molecule is Oc1ccc(C(c2ccc(CCC(O)CN3CCNCC3)cc2)c2ccc(OCCCN3CCNCC3)cc2)cc1. The summed E-state index contributed by atoms with van der Waals surface area (Å²) in [6.45, 7) is 11.0. The molecule has 0 aromatic heterocycles. The average molecular weight is 559 g/mol. The fraction of sp³-hybridized carbons (Fsp3) is 0.471. The van der Waals surface area contributed by atoms with Gasteiger partial charge < -0.3 is 30.5 Å². The molecule has 0 radical (unpaired) electrons. The van der Waals surface area contributed by atoms with Gasteiger partial charge in [0.1, 0.15) is 11.5 Å². The van der Waals surface area contributed by atoms with Crippen molar-refractivity contribution in [2.75, 3.05) is 72.1 Å². The topological polar surface area (TPSA) is 80.2 Å². The first-order valence-corrected chi connectivity index (χ1v) is 15.3. The summed E-state index contributed by atoms with van der Waals surface area (Å²) in [7, 11) is 0. The van der Waals surface area contributed by atoms with E-state index in [1.165, 1.54) is 16.7 Å². The molecule has 2 saturated heterocycles. The van der Waals surface area contributed by atoms with Gasteiger partial charge in [0.2, 0.25) is 0 Å². The molecule has 2 atom stereocenters. The van der Waals surface area contributed by atoms with Gasteiger partial charge in [0.25, 0.3) is 0 Å². The first-order valence-electron chi connectivity index (χ1n) is 15.3. The predicted octanol–water partition coefficient (Wildman–Crippen LogP) is 3.45. The van der Waals surface area contributed by atoms with Crippen LogP contribution in [-0.2, 0) is 6.42 Å². The number of ether oxygens (including phenoxy) is 1. The molecule has 0 spiro atoms. The molecule has 2 unspecified atom stereocenters. The number of nitrogens with one attached hydrogen (secondary N) is 2. The molecule has 220 valence electrons. The van der Waals surface area contributed by atoms with Gasteiger partial charge in [-0.3, -0.25) is 4.90 Å². The highest BCUT2D eigenvalue weighted by Crippen LogP contribution is 2.34. The first-order chi connectivity index (χ1) is 20.1. The molecule has 0 aliphatic carbocycles. The lowest BCUT2D eigenvalue weighted by atomic mass is 9.84. The van der Waals surface area contributed by atoms with Gasteiger partial charge in [0.05, 0.1) is 12.7 Å². The maximum atomic E-state index is 10.6. The van der Waals surface area contributed by atoms with Gasteiger partial charge in [0, 0.05) is 71.4 Å². The van der Waals surface area contributed by atoms with E-state index in [9.17, 15) is 10.2 Å². The summed E-state index contributed by atoms with van der Waals surface area (Å²) in [5.41, 5.74) is 4.75. The largest absolute Gasteiger partial charge is 0.508 e. The van der Waals surface area contributed by atoms with Crippen LogP contribution in [0.2, 0.25) is 0 Å². The summed E-state index contributed by atoms with van der Waals surface area (Å²) < 4.78 is 6.07. The van der Waals surface area contributed by atoms with Crippen LogP contribution in [0.4, 0.5) is 0 Å². The lowest BCUT2D eigenvalue weighted by Gasteiger charge is -2.29. The number of β-amino-alcohol motifs (C(OH)–C–C–N with tert-alkyl or cyclic N) is 1. The Kier molecular flexibility index (Phi) is 11.1. The van der Waals surface area contributed by atoms with Crippen LogP contribution in [0.5, 0.6) is 11.5 Å². The van der Waals surface area contributed by atoms with Crippen LogP contribution in [0.15, 0.2) is 72.8 Å². The molecular formula is C34H46N4O3. The predicted molar refractivity (Wildman–Crippen MR) is 165 cm³/mol. The number of aliphatic hydroxyl groups is 1. The summed E-state index contributed by atoms with van der Waals surface area (Å²) in [5, 5.41) is 27.2. The molecule has 2 aliphatic heterocycles. The van der Waals surface area contributed by atoms with Crippen LogP contribution < -0.4 is 15.4 Å². The van der Waals surface area contributed by atoms with Crippen molar-refractivity contribution in [3.05, 3.63) is 95.1 Å². The number of nitrogens with zero attached hydrogens (tertiary/aromatic N) is 2. The number of piperazine rings is 2. The second-order valence-corrected chi connectivity index (χ2v) is 11.4. The van der Waals surface area contributed by atoms with E-state index in [0.29, 0.717) is 0 Å². The number of aromatic hydroxyl groups is 1. The number of aliphatic hydroxyl groups excluding tert-OH is 1. The van der Waals surface area contributed by atoms with Crippen LogP contribution in [0, 0.1) is 0 Å². The zero-order valence-electron chi connectivity index (χ0n) is 24.2. The smallest absolute Gasteiger partial charge is 0.119 e. The number of benzene rings is 3. The zero-order chi connectivity index (χ0) is 28.3. The Balaban J connectivity index is 1.19. The van der Waals surface area contributed by atoms with E-state index in [-0.39, 0.29) is 17.8 Å². The van der Waals surface area contributed by atoms with Crippen molar-refractivity contribution in [3.8, 4) is 11.5 Å². The zero-order valence-corrected chi connectivity index (χ0v) is 24.2. The monoisotopic (exact) mass is 558 g/mol. The molecule has 7 heteroatoms. The number of hydrogen-bond donors (Lipinski definition) is 4. The Morgan fingerprint density at radius 1 is 0.707 bits per heavy atom. The van der Waals surface area contributed by atoms with Crippen molar-refractivity contribution in [2.24, 2.45) is 0 Å². The highest BCUT2D eigenvalue weighted by molar-refractivity contribution is 5.46.